The van der Waals surface area contributed by atoms with Gasteiger partial charge < -0.3 is 4.90 Å². The number of halogens is 1. The van der Waals surface area contributed by atoms with Gasteiger partial charge in [-0.15, -0.1) is 0 Å². The number of pyridine rings is 2. The third-order valence-corrected chi connectivity index (χ3v) is 4.48. The summed E-state index contributed by atoms with van der Waals surface area (Å²) < 4.78 is 0. The standard InChI is InChI=1S/C16H17ClN4/c1-10(3-5-18)13-8-20-16(21-6-4-11(21)2)14-9-19-15(17)7-12(13)14/h7-11H,3-4,6H2,1-2H3. The van der Waals surface area contributed by atoms with Crippen LogP contribution < -0.4 is 4.90 Å². The molecule has 0 bridgehead atoms. The van der Waals surface area contributed by atoms with Gasteiger partial charge in [0.25, 0.3) is 0 Å². The number of hydrogen-bond donors (Lipinski definition) is 0. The predicted octanol–water partition coefficient (Wildman–Crippen LogP) is 3.90. The number of hydrogen-bond acceptors (Lipinski definition) is 4. The lowest BCUT2D eigenvalue weighted by Gasteiger charge is -2.40. The minimum absolute atomic E-state index is 0.131. The molecule has 0 amide bonds. The van der Waals surface area contributed by atoms with Crippen LogP contribution in [0.15, 0.2) is 18.5 Å². The zero-order valence-electron chi connectivity index (χ0n) is 12.2. The summed E-state index contributed by atoms with van der Waals surface area (Å²) in [4.78, 5) is 11.1. The molecule has 2 aromatic heterocycles. The molecule has 0 aromatic carbocycles. The zero-order valence-corrected chi connectivity index (χ0v) is 12.9. The second-order valence-electron chi connectivity index (χ2n) is 5.68. The number of nitriles is 1. The molecule has 1 aliphatic rings. The molecular formula is C16H17ClN4. The fourth-order valence-electron chi connectivity index (χ4n) is 2.82. The van der Waals surface area contributed by atoms with Gasteiger partial charge in [-0.2, -0.15) is 5.26 Å². The topological polar surface area (TPSA) is 52.8 Å². The molecule has 5 heteroatoms. The molecule has 108 valence electrons. The molecular weight excluding hydrogens is 284 g/mol. The highest BCUT2D eigenvalue weighted by atomic mass is 35.5. The molecule has 0 aliphatic carbocycles. The summed E-state index contributed by atoms with van der Waals surface area (Å²) in [6.07, 6.45) is 5.35. The van der Waals surface area contributed by atoms with Crippen molar-refractivity contribution in [1.82, 2.24) is 9.97 Å². The minimum Gasteiger partial charge on any atom is -0.353 e. The second kappa shape index (κ2) is 5.50. The van der Waals surface area contributed by atoms with Crippen molar-refractivity contribution in [3.05, 3.63) is 29.2 Å². The molecule has 2 aromatic rings. The summed E-state index contributed by atoms with van der Waals surface area (Å²) in [6, 6.07) is 4.62. The van der Waals surface area contributed by atoms with E-state index in [0.29, 0.717) is 17.6 Å². The van der Waals surface area contributed by atoms with Crippen LogP contribution in [0.4, 0.5) is 5.82 Å². The van der Waals surface area contributed by atoms with Crippen molar-refractivity contribution >= 4 is 28.2 Å². The van der Waals surface area contributed by atoms with Crippen molar-refractivity contribution in [1.29, 1.82) is 5.26 Å². The lowest BCUT2D eigenvalue weighted by atomic mass is 9.94. The largest absolute Gasteiger partial charge is 0.353 e. The van der Waals surface area contributed by atoms with Gasteiger partial charge in [-0.3, -0.25) is 0 Å². The van der Waals surface area contributed by atoms with E-state index in [4.69, 9.17) is 16.9 Å². The summed E-state index contributed by atoms with van der Waals surface area (Å²) in [7, 11) is 0. The smallest absolute Gasteiger partial charge is 0.138 e. The van der Waals surface area contributed by atoms with Gasteiger partial charge in [0.2, 0.25) is 0 Å². The Morgan fingerprint density at radius 3 is 2.86 bits per heavy atom. The molecule has 0 spiro atoms. The summed E-state index contributed by atoms with van der Waals surface area (Å²) in [6.45, 7) is 5.27. The fraction of sp³-hybridized carbons (Fsp3) is 0.438. The van der Waals surface area contributed by atoms with E-state index in [0.717, 1.165) is 28.7 Å². The summed E-state index contributed by atoms with van der Waals surface area (Å²) >= 11 is 6.07. The first-order valence-electron chi connectivity index (χ1n) is 7.19. The van der Waals surface area contributed by atoms with Crippen LogP contribution in [-0.4, -0.2) is 22.6 Å². The molecule has 1 fully saturated rings. The Morgan fingerprint density at radius 1 is 1.43 bits per heavy atom. The van der Waals surface area contributed by atoms with Crippen molar-refractivity contribution in [3.63, 3.8) is 0 Å². The van der Waals surface area contributed by atoms with E-state index in [9.17, 15) is 0 Å². The van der Waals surface area contributed by atoms with Gasteiger partial charge >= 0.3 is 0 Å². The Hall–Kier alpha value is -1.86. The van der Waals surface area contributed by atoms with Gasteiger partial charge in [0, 0.05) is 36.8 Å². The van der Waals surface area contributed by atoms with Crippen LogP contribution in [0.1, 0.15) is 38.2 Å². The van der Waals surface area contributed by atoms with E-state index in [-0.39, 0.29) is 5.92 Å². The molecule has 0 saturated carbocycles. The number of fused-ring (bicyclic) bond motifs is 1. The highest BCUT2D eigenvalue weighted by Crippen LogP contribution is 2.35. The first-order valence-corrected chi connectivity index (χ1v) is 7.57. The Kier molecular flexibility index (Phi) is 3.69. The fourth-order valence-corrected chi connectivity index (χ4v) is 2.97. The average Bonchev–Trinajstić information content (AvgIpc) is 2.45. The molecule has 1 aliphatic heterocycles. The number of nitrogens with zero attached hydrogens (tertiary/aromatic N) is 4. The van der Waals surface area contributed by atoms with Crippen LogP contribution in [0, 0.1) is 11.3 Å². The summed E-state index contributed by atoms with van der Waals surface area (Å²) in [5.74, 6) is 1.10. The number of anilines is 1. The van der Waals surface area contributed by atoms with Crippen LogP contribution in [0.25, 0.3) is 10.8 Å². The Labute approximate surface area is 129 Å². The second-order valence-corrected chi connectivity index (χ2v) is 6.07. The van der Waals surface area contributed by atoms with Gasteiger partial charge in [-0.05, 0) is 36.3 Å². The SMILES string of the molecule is CC(CC#N)c1cnc(N2CCC2C)c2cnc(Cl)cc12. The molecule has 3 heterocycles. The molecule has 21 heavy (non-hydrogen) atoms. The van der Waals surface area contributed by atoms with Crippen molar-refractivity contribution in [2.24, 2.45) is 0 Å². The van der Waals surface area contributed by atoms with E-state index in [2.05, 4.69) is 27.9 Å². The van der Waals surface area contributed by atoms with Gasteiger partial charge in [-0.1, -0.05) is 18.5 Å². The molecule has 3 rings (SSSR count). The van der Waals surface area contributed by atoms with E-state index >= 15 is 0 Å². The maximum atomic E-state index is 8.93. The third kappa shape index (κ3) is 2.43. The lowest BCUT2D eigenvalue weighted by Crippen LogP contribution is -2.46. The Morgan fingerprint density at radius 2 is 2.24 bits per heavy atom. The van der Waals surface area contributed by atoms with Crippen LogP contribution in [0.2, 0.25) is 5.15 Å². The summed E-state index contributed by atoms with van der Waals surface area (Å²) in [5.41, 5.74) is 1.06. The van der Waals surface area contributed by atoms with Gasteiger partial charge in [0.05, 0.1) is 6.07 Å². The predicted molar refractivity (Wildman–Crippen MR) is 84.6 cm³/mol. The van der Waals surface area contributed by atoms with E-state index in [1.807, 2.05) is 19.2 Å². The first-order chi connectivity index (χ1) is 10.1. The van der Waals surface area contributed by atoms with Gasteiger partial charge in [0.1, 0.15) is 11.0 Å². The monoisotopic (exact) mass is 300 g/mol. The summed E-state index contributed by atoms with van der Waals surface area (Å²) in [5, 5.41) is 11.5. The van der Waals surface area contributed by atoms with Crippen LogP contribution in [-0.2, 0) is 0 Å². The molecule has 4 nitrogen and oxygen atoms in total. The first kappa shape index (κ1) is 14.1. The van der Waals surface area contributed by atoms with Crippen LogP contribution >= 0.6 is 11.6 Å². The maximum absolute atomic E-state index is 8.93. The van der Waals surface area contributed by atoms with E-state index in [1.165, 1.54) is 6.42 Å². The lowest BCUT2D eigenvalue weighted by molar-refractivity contribution is 0.478. The highest BCUT2D eigenvalue weighted by molar-refractivity contribution is 6.30. The molecule has 2 atom stereocenters. The van der Waals surface area contributed by atoms with Crippen molar-refractivity contribution in [2.75, 3.05) is 11.4 Å². The highest BCUT2D eigenvalue weighted by Gasteiger charge is 2.27. The van der Waals surface area contributed by atoms with Crippen molar-refractivity contribution < 1.29 is 0 Å². The molecule has 2 unspecified atom stereocenters. The molecule has 0 N–H and O–H groups in total. The van der Waals surface area contributed by atoms with Crippen LogP contribution in [0.5, 0.6) is 0 Å². The Bertz CT molecular complexity index is 722. The third-order valence-electron chi connectivity index (χ3n) is 4.27. The zero-order chi connectivity index (χ0) is 15.0. The minimum atomic E-state index is 0.131. The van der Waals surface area contributed by atoms with Crippen molar-refractivity contribution in [2.45, 2.75) is 38.6 Å². The van der Waals surface area contributed by atoms with Crippen molar-refractivity contribution in [3.8, 4) is 6.07 Å². The molecule has 1 saturated heterocycles. The average molecular weight is 301 g/mol. The van der Waals surface area contributed by atoms with Gasteiger partial charge in [-0.25, -0.2) is 9.97 Å². The van der Waals surface area contributed by atoms with E-state index < -0.39 is 0 Å². The Balaban J connectivity index is 2.17. The number of rotatable bonds is 3. The van der Waals surface area contributed by atoms with Gasteiger partial charge in [0.15, 0.2) is 0 Å². The molecule has 0 radical (unpaired) electrons. The van der Waals surface area contributed by atoms with Crippen LogP contribution in [0.3, 0.4) is 0 Å². The number of aromatic nitrogens is 2. The maximum Gasteiger partial charge on any atom is 0.138 e. The normalized spacial score (nSPS) is 19.1. The van der Waals surface area contributed by atoms with E-state index in [1.54, 1.807) is 6.20 Å². The quantitative estimate of drug-likeness (QED) is 0.807.